The van der Waals surface area contributed by atoms with Crippen LogP contribution in [-0.2, 0) is 4.79 Å². The number of rotatable bonds is 6. The van der Waals surface area contributed by atoms with Gasteiger partial charge in [0, 0.05) is 4.47 Å². The van der Waals surface area contributed by atoms with Gasteiger partial charge in [0.25, 0.3) is 5.91 Å². The molecule has 0 heterocycles. The lowest BCUT2D eigenvalue weighted by Gasteiger charge is -2.10. The molecule has 0 fully saturated rings. The van der Waals surface area contributed by atoms with Crippen LogP contribution in [0.25, 0.3) is 0 Å². The second kappa shape index (κ2) is 8.33. The molecule has 0 saturated heterocycles. The zero-order chi connectivity index (χ0) is 16.7. The third-order valence-corrected chi connectivity index (χ3v) is 3.46. The van der Waals surface area contributed by atoms with E-state index in [1.807, 2.05) is 37.3 Å². The number of hydrazone groups is 1. The van der Waals surface area contributed by atoms with E-state index in [0.717, 1.165) is 10.0 Å². The summed E-state index contributed by atoms with van der Waals surface area (Å²) >= 11 is 3.34. The van der Waals surface area contributed by atoms with E-state index in [2.05, 4.69) is 26.5 Å². The fraction of sp³-hybridized carbons (Fsp3) is 0.176. The van der Waals surface area contributed by atoms with Crippen LogP contribution in [0.3, 0.4) is 0 Å². The van der Waals surface area contributed by atoms with Gasteiger partial charge in [-0.25, -0.2) is 5.43 Å². The van der Waals surface area contributed by atoms with Gasteiger partial charge >= 0.3 is 0 Å². The second-order valence-corrected chi connectivity index (χ2v) is 5.70. The predicted octanol–water partition coefficient (Wildman–Crippen LogP) is 3.30. The Bertz CT molecular complexity index is 699. The number of nitrogens with one attached hydrogen (secondary N) is 1. The maximum atomic E-state index is 11.7. The summed E-state index contributed by atoms with van der Waals surface area (Å²) in [5.74, 6) is 0.696. The zero-order valence-corrected chi connectivity index (χ0v) is 14.5. The molecular weight excluding hydrogens is 360 g/mol. The number of ether oxygens (including phenoxy) is 2. The standard InChI is InChI=1S/C17H17BrN2O3/c1-12-3-5-13(6-4-12)10-19-20-17(21)11-23-15-8-7-14(18)9-16(15)22-2/h3-10H,11H2,1-2H3,(H,20,21). The van der Waals surface area contributed by atoms with Crippen molar-refractivity contribution in [2.45, 2.75) is 6.92 Å². The fourth-order valence-corrected chi connectivity index (χ4v) is 2.11. The fourth-order valence-electron chi connectivity index (χ4n) is 1.77. The molecule has 0 saturated carbocycles. The molecular formula is C17H17BrN2O3. The Labute approximate surface area is 143 Å². The SMILES string of the molecule is COc1cc(Br)ccc1OCC(=O)NN=Cc1ccc(C)cc1. The van der Waals surface area contributed by atoms with Crippen molar-refractivity contribution in [3.05, 3.63) is 58.1 Å². The topological polar surface area (TPSA) is 59.9 Å². The average Bonchev–Trinajstić information content (AvgIpc) is 2.55. The molecule has 1 amide bonds. The summed E-state index contributed by atoms with van der Waals surface area (Å²) in [5, 5.41) is 3.90. The zero-order valence-electron chi connectivity index (χ0n) is 12.9. The van der Waals surface area contributed by atoms with Gasteiger partial charge in [-0.15, -0.1) is 0 Å². The highest BCUT2D eigenvalue weighted by Crippen LogP contribution is 2.29. The Morgan fingerprint density at radius 1 is 1.22 bits per heavy atom. The van der Waals surface area contributed by atoms with Crippen molar-refractivity contribution >= 4 is 28.1 Å². The van der Waals surface area contributed by atoms with Crippen LogP contribution in [0.2, 0.25) is 0 Å². The first kappa shape index (κ1) is 17.0. The molecule has 2 rings (SSSR count). The number of halogens is 1. The van der Waals surface area contributed by atoms with Crippen LogP contribution < -0.4 is 14.9 Å². The molecule has 0 aliphatic rings. The molecule has 0 unspecified atom stereocenters. The Balaban J connectivity index is 1.84. The van der Waals surface area contributed by atoms with E-state index < -0.39 is 0 Å². The molecule has 0 bridgehead atoms. The normalized spacial score (nSPS) is 10.6. The molecule has 0 spiro atoms. The van der Waals surface area contributed by atoms with Crippen molar-refractivity contribution in [2.75, 3.05) is 13.7 Å². The van der Waals surface area contributed by atoms with Crippen molar-refractivity contribution in [1.29, 1.82) is 0 Å². The lowest BCUT2D eigenvalue weighted by molar-refractivity contribution is -0.123. The molecule has 0 aromatic heterocycles. The second-order valence-electron chi connectivity index (χ2n) is 4.79. The molecule has 0 atom stereocenters. The number of nitrogens with zero attached hydrogens (tertiary/aromatic N) is 1. The van der Waals surface area contributed by atoms with Gasteiger partial charge in [-0.05, 0) is 30.7 Å². The summed E-state index contributed by atoms with van der Waals surface area (Å²) in [6.45, 7) is 1.86. The maximum absolute atomic E-state index is 11.7. The van der Waals surface area contributed by atoms with Gasteiger partial charge in [-0.3, -0.25) is 4.79 Å². The summed E-state index contributed by atoms with van der Waals surface area (Å²) < 4.78 is 11.5. The van der Waals surface area contributed by atoms with Crippen molar-refractivity contribution in [3.63, 3.8) is 0 Å². The van der Waals surface area contributed by atoms with Crippen LogP contribution in [0.15, 0.2) is 52.0 Å². The van der Waals surface area contributed by atoms with E-state index in [1.165, 1.54) is 5.56 Å². The van der Waals surface area contributed by atoms with Gasteiger partial charge in [0.05, 0.1) is 13.3 Å². The minimum Gasteiger partial charge on any atom is -0.493 e. The molecule has 0 aliphatic heterocycles. The largest absolute Gasteiger partial charge is 0.493 e. The number of methoxy groups -OCH3 is 1. The van der Waals surface area contributed by atoms with E-state index >= 15 is 0 Å². The Morgan fingerprint density at radius 3 is 2.65 bits per heavy atom. The first-order valence-corrected chi connectivity index (χ1v) is 7.72. The first-order valence-electron chi connectivity index (χ1n) is 6.93. The van der Waals surface area contributed by atoms with Crippen LogP contribution >= 0.6 is 15.9 Å². The summed E-state index contributed by atoms with van der Waals surface area (Å²) in [4.78, 5) is 11.7. The van der Waals surface area contributed by atoms with Crippen LogP contribution in [0.5, 0.6) is 11.5 Å². The summed E-state index contributed by atoms with van der Waals surface area (Å²) in [6, 6.07) is 13.1. The highest BCUT2D eigenvalue weighted by Gasteiger charge is 2.07. The molecule has 1 N–H and O–H groups in total. The Hall–Kier alpha value is -2.34. The van der Waals surface area contributed by atoms with E-state index in [0.29, 0.717) is 11.5 Å². The summed E-state index contributed by atoms with van der Waals surface area (Å²) in [6.07, 6.45) is 1.58. The van der Waals surface area contributed by atoms with E-state index in [9.17, 15) is 4.79 Å². The van der Waals surface area contributed by atoms with Crippen molar-refractivity contribution in [3.8, 4) is 11.5 Å². The molecule has 23 heavy (non-hydrogen) atoms. The first-order chi connectivity index (χ1) is 11.1. The molecule has 120 valence electrons. The van der Waals surface area contributed by atoms with Gasteiger partial charge in [0.2, 0.25) is 0 Å². The van der Waals surface area contributed by atoms with Crippen molar-refractivity contribution in [1.82, 2.24) is 5.43 Å². The summed E-state index contributed by atoms with van der Waals surface area (Å²) in [5.41, 5.74) is 4.50. The van der Waals surface area contributed by atoms with Crippen molar-refractivity contribution < 1.29 is 14.3 Å². The molecule has 5 nitrogen and oxygen atoms in total. The minimum atomic E-state index is -0.349. The molecule has 0 radical (unpaired) electrons. The van der Waals surface area contributed by atoms with Crippen LogP contribution in [-0.4, -0.2) is 25.8 Å². The Kier molecular flexibility index (Phi) is 6.17. The van der Waals surface area contributed by atoms with Crippen molar-refractivity contribution in [2.24, 2.45) is 5.10 Å². The number of hydrogen-bond acceptors (Lipinski definition) is 4. The number of benzene rings is 2. The van der Waals surface area contributed by atoms with Crippen LogP contribution in [0.1, 0.15) is 11.1 Å². The highest BCUT2D eigenvalue weighted by atomic mass is 79.9. The molecule has 2 aromatic rings. The average molecular weight is 377 g/mol. The maximum Gasteiger partial charge on any atom is 0.277 e. The number of aryl methyl sites for hydroxylation is 1. The van der Waals surface area contributed by atoms with Gasteiger partial charge < -0.3 is 9.47 Å². The van der Waals surface area contributed by atoms with Crippen LogP contribution in [0, 0.1) is 6.92 Å². The smallest absolute Gasteiger partial charge is 0.277 e. The lowest BCUT2D eigenvalue weighted by Crippen LogP contribution is -2.24. The van der Waals surface area contributed by atoms with Gasteiger partial charge in [0.1, 0.15) is 0 Å². The third kappa shape index (κ3) is 5.41. The monoisotopic (exact) mass is 376 g/mol. The van der Waals surface area contributed by atoms with E-state index in [-0.39, 0.29) is 12.5 Å². The third-order valence-electron chi connectivity index (χ3n) is 2.96. The number of carbonyl (C=O) groups is 1. The number of amides is 1. The number of hydrogen-bond donors (Lipinski definition) is 1. The van der Waals surface area contributed by atoms with E-state index in [4.69, 9.17) is 9.47 Å². The molecule has 0 aliphatic carbocycles. The van der Waals surface area contributed by atoms with Gasteiger partial charge in [0.15, 0.2) is 18.1 Å². The minimum absolute atomic E-state index is 0.150. The molecule has 6 heteroatoms. The van der Waals surface area contributed by atoms with Crippen LogP contribution in [0.4, 0.5) is 0 Å². The summed E-state index contributed by atoms with van der Waals surface area (Å²) in [7, 11) is 1.54. The predicted molar refractivity (Wildman–Crippen MR) is 93.1 cm³/mol. The Morgan fingerprint density at radius 2 is 1.96 bits per heavy atom. The highest BCUT2D eigenvalue weighted by molar-refractivity contribution is 9.10. The van der Waals surface area contributed by atoms with Gasteiger partial charge in [-0.2, -0.15) is 5.10 Å². The lowest BCUT2D eigenvalue weighted by atomic mass is 10.2. The van der Waals surface area contributed by atoms with E-state index in [1.54, 1.807) is 25.5 Å². The molecule has 2 aromatic carbocycles. The van der Waals surface area contributed by atoms with Gasteiger partial charge in [-0.1, -0.05) is 45.8 Å². The quantitative estimate of drug-likeness (QED) is 0.621. The number of carbonyl (C=O) groups excluding carboxylic acids is 1.